The van der Waals surface area contributed by atoms with E-state index in [1.807, 2.05) is 0 Å². The zero-order valence-corrected chi connectivity index (χ0v) is 14.6. The smallest absolute Gasteiger partial charge is 0.230 e. The summed E-state index contributed by atoms with van der Waals surface area (Å²) in [6.07, 6.45) is 1.62. The average Bonchev–Trinajstić information content (AvgIpc) is 2.44. The Balaban J connectivity index is 2.39. The molecule has 0 aliphatic rings. The van der Waals surface area contributed by atoms with Crippen molar-refractivity contribution in [3.05, 3.63) is 28.2 Å². The summed E-state index contributed by atoms with van der Waals surface area (Å²) in [6.45, 7) is 4.92. The molecule has 0 saturated heterocycles. The van der Waals surface area contributed by atoms with Crippen molar-refractivity contribution in [2.45, 2.75) is 31.6 Å². The first kappa shape index (κ1) is 18.6. The summed E-state index contributed by atoms with van der Waals surface area (Å²) < 4.78 is 0. The summed E-state index contributed by atoms with van der Waals surface area (Å²) in [4.78, 5) is 12.7. The summed E-state index contributed by atoms with van der Waals surface area (Å²) in [5.41, 5.74) is -0.0171. The zero-order chi connectivity index (χ0) is 15.9. The number of carbonyl (C=O) groups excluding carboxylic acids is 1. The van der Waals surface area contributed by atoms with Gasteiger partial charge in [-0.1, -0.05) is 37.0 Å². The minimum Gasteiger partial charge on any atom is -0.396 e. The van der Waals surface area contributed by atoms with Crippen LogP contribution in [0.5, 0.6) is 0 Å². The molecular formula is C15H21Cl2NO2S. The van der Waals surface area contributed by atoms with E-state index in [0.717, 1.165) is 17.7 Å². The van der Waals surface area contributed by atoms with E-state index in [1.165, 1.54) is 11.8 Å². The summed E-state index contributed by atoms with van der Waals surface area (Å²) in [6, 6.07) is 5.20. The molecule has 1 aromatic rings. The molecule has 0 aromatic heterocycles. The van der Waals surface area contributed by atoms with Crippen LogP contribution >= 0.6 is 35.0 Å². The molecule has 1 aromatic carbocycles. The van der Waals surface area contributed by atoms with Crippen LogP contribution in [-0.4, -0.2) is 29.9 Å². The van der Waals surface area contributed by atoms with Crippen LogP contribution in [0.3, 0.4) is 0 Å². The summed E-state index contributed by atoms with van der Waals surface area (Å²) in [7, 11) is 0. The number of nitrogens with one attached hydrogen (secondary N) is 1. The quantitative estimate of drug-likeness (QED) is 0.697. The topological polar surface area (TPSA) is 49.3 Å². The van der Waals surface area contributed by atoms with Crippen molar-refractivity contribution in [3.63, 3.8) is 0 Å². The first-order valence-corrected chi connectivity index (χ1v) is 8.53. The van der Waals surface area contributed by atoms with Gasteiger partial charge in [0.05, 0.1) is 10.8 Å². The maximum absolute atomic E-state index is 11.9. The number of hydrogen-bond donors (Lipinski definition) is 2. The lowest BCUT2D eigenvalue weighted by Gasteiger charge is -2.24. The molecule has 21 heavy (non-hydrogen) atoms. The van der Waals surface area contributed by atoms with Gasteiger partial charge in [-0.25, -0.2) is 0 Å². The number of aliphatic hydroxyl groups is 1. The lowest BCUT2D eigenvalue weighted by atomic mass is 9.88. The van der Waals surface area contributed by atoms with Crippen LogP contribution < -0.4 is 5.32 Å². The van der Waals surface area contributed by atoms with Gasteiger partial charge in [0.15, 0.2) is 0 Å². The number of amides is 1. The van der Waals surface area contributed by atoms with E-state index >= 15 is 0 Å². The van der Waals surface area contributed by atoms with Crippen molar-refractivity contribution >= 4 is 40.9 Å². The minimum absolute atomic E-state index is 0.0171. The Labute approximate surface area is 140 Å². The van der Waals surface area contributed by atoms with Crippen molar-refractivity contribution in [1.29, 1.82) is 0 Å². The summed E-state index contributed by atoms with van der Waals surface area (Å²) in [5.74, 6) is 0.268. The van der Waals surface area contributed by atoms with Crippen molar-refractivity contribution in [2.75, 3.05) is 18.9 Å². The third-order valence-corrected chi connectivity index (χ3v) is 4.76. The molecule has 3 nitrogen and oxygen atoms in total. The maximum atomic E-state index is 11.9. The number of rotatable bonds is 8. The van der Waals surface area contributed by atoms with Crippen LogP contribution in [0, 0.1) is 5.41 Å². The molecule has 1 amide bonds. The van der Waals surface area contributed by atoms with Gasteiger partial charge in [0.2, 0.25) is 5.91 Å². The molecule has 0 spiro atoms. The van der Waals surface area contributed by atoms with Crippen LogP contribution in [0.4, 0.5) is 0 Å². The average molecular weight is 350 g/mol. The van der Waals surface area contributed by atoms with Crippen LogP contribution in [0.1, 0.15) is 26.7 Å². The van der Waals surface area contributed by atoms with Crippen LogP contribution in [0.25, 0.3) is 0 Å². The van der Waals surface area contributed by atoms with Gasteiger partial charge in [0, 0.05) is 23.1 Å². The Bertz CT molecular complexity index is 481. The van der Waals surface area contributed by atoms with Gasteiger partial charge in [-0.15, -0.1) is 11.8 Å². The monoisotopic (exact) mass is 349 g/mol. The molecule has 1 rings (SSSR count). The van der Waals surface area contributed by atoms with E-state index in [0.29, 0.717) is 22.3 Å². The van der Waals surface area contributed by atoms with Crippen LogP contribution in [0.2, 0.25) is 10.0 Å². The molecule has 118 valence electrons. The largest absolute Gasteiger partial charge is 0.396 e. The van der Waals surface area contributed by atoms with Gasteiger partial charge in [-0.05, 0) is 36.5 Å². The predicted molar refractivity (Wildman–Crippen MR) is 90.3 cm³/mol. The molecule has 0 unspecified atom stereocenters. The fourth-order valence-electron chi connectivity index (χ4n) is 1.77. The highest BCUT2D eigenvalue weighted by atomic mass is 35.5. The molecule has 0 heterocycles. The van der Waals surface area contributed by atoms with Gasteiger partial charge in [0.1, 0.15) is 0 Å². The van der Waals surface area contributed by atoms with Crippen molar-refractivity contribution in [1.82, 2.24) is 5.32 Å². The highest BCUT2D eigenvalue weighted by molar-refractivity contribution is 8.00. The number of halogens is 2. The van der Waals surface area contributed by atoms with Gasteiger partial charge in [-0.3, -0.25) is 4.79 Å². The fourth-order valence-corrected chi connectivity index (χ4v) is 3.09. The molecule has 0 saturated carbocycles. The van der Waals surface area contributed by atoms with Gasteiger partial charge in [0.25, 0.3) is 0 Å². The molecule has 0 fully saturated rings. The molecule has 6 heteroatoms. The Morgan fingerprint density at radius 1 is 1.38 bits per heavy atom. The molecule has 0 bridgehead atoms. The first-order chi connectivity index (χ1) is 9.84. The summed E-state index contributed by atoms with van der Waals surface area (Å²) in [5, 5.41) is 13.0. The van der Waals surface area contributed by atoms with E-state index in [4.69, 9.17) is 28.3 Å². The van der Waals surface area contributed by atoms with E-state index in [-0.39, 0.29) is 17.9 Å². The standard InChI is InChI=1S/C15H21Cl2NO2S/c1-15(2,6-3-7-19)10-18-14(20)9-21-13-8-11(16)4-5-12(13)17/h4-5,8,19H,3,6-7,9-10H2,1-2H3,(H,18,20). The van der Waals surface area contributed by atoms with Crippen molar-refractivity contribution < 1.29 is 9.90 Å². The number of benzene rings is 1. The van der Waals surface area contributed by atoms with E-state index in [9.17, 15) is 4.79 Å². The molecular weight excluding hydrogens is 329 g/mol. The second-order valence-corrected chi connectivity index (χ2v) is 7.49. The third kappa shape index (κ3) is 7.41. The fraction of sp³-hybridized carbons (Fsp3) is 0.533. The minimum atomic E-state index is -0.0342. The number of hydrogen-bond acceptors (Lipinski definition) is 3. The zero-order valence-electron chi connectivity index (χ0n) is 12.3. The van der Waals surface area contributed by atoms with E-state index in [1.54, 1.807) is 18.2 Å². The second-order valence-electron chi connectivity index (χ2n) is 5.63. The van der Waals surface area contributed by atoms with E-state index in [2.05, 4.69) is 19.2 Å². The Morgan fingerprint density at radius 3 is 2.76 bits per heavy atom. The summed E-state index contributed by atoms with van der Waals surface area (Å²) >= 11 is 13.3. The van der Waals surface area contributed by atoms with Gasteiger partial charge in [-0.2, -0.15) is 0 Å². The van der Waals surface area contributed by atoms with Crippen LogP contribution in [-0.2, 0) is 4.79 Å². The highest BCUT2D eigenvalue weighted by Crippen LogP contribution is 2.29. The van der Waals surface area contributed by atoms with Crippen molar-refractivity contribution in [3.8, 4) is 0 Å². The van der Waals surface area contributed by atoms with Crippen LogP contribution in [0.15, 0.2) is 23.1 Å². The predicted octanol–water partition coefficient (Wildman–Crippen LogP) is 4.00. The molecule has 0 radical (unpaired) electrons. The second kappa shape index (κ2) is 8.89. The highest BCUT2D eigenvalue weighted by Gasteiger charge is 2.18. The maximum Gasteiger partial charge on any atom is 0.230 e. The third-order valence-electron chi connectivity index (χ3n) is 3.03. The Morgan fingerprint density at radius 2 is 2.10 bits per heavy atom. The van der Waals surface area contributed by atoms with Gasteiger partial charge < -0.3 is 10.4 Å². The van der Waals surface area contributed by atoms with E-state index < -0.39 is 0 Å². The number of thioether (sulfide) groups is 1. The first-order valence-electron chi connectivity index (χ1n) is 6.79. The molecule has 2 N–H and O–H groups in total. The SMILES string of the molecule is CC(C)(CCCO)CNC(=O)CSc1cc(Cl)ccc1Cl. The lowest BCUT2D eigenvalue weighted by molar-refractivity contribution is -0.119. The Hall–Kier alpha value is -0.420. The molecule has 0 aliphatic heterocycles. The molecule has 0 atom stereocenters. The lowest BCUT2D eigenvalue weighted by Crippen LogP contribution is -2.35. The van der Waals surface area contributed by atoms with Gasteiger partial charge >= 0.3 is 0 Å². The normalized spacial score (nSPS) is 11.5. The Kier molecular flexibility index (Phi) is 7.88. The number of carbonyl (C=O) groups is 1. The van der Waals surface area contributed by atoms with Crippen molar-refractivity contribution in [2.24, 2.45) is 5.41 Å². The molecule has 0 aliphatic carbocycles. The number of aliphatic hydroxyl groups excluding tert-OH is 1.